The minimum Gasteiger partial charge on any atom is -0.479 e. The first-order chi connectivity index (χ1) is 31.1. The van der Waals surface area contributed by atoms with Crippen molar-refractivity contribution >= 4 is 17.9 Å². The number of carbonyl (C=O) groups excluding carboxylic acids is 1. The Morgan fingerprint density at radius 3 is 1.81 bits per heavy atom. The van der Waals surface area contributed by atoms with E-state index in [4.69, 9.17) is 33.2 Å². The molecule has 4 saturated heterocycles. The summed E-state index contributed by atoms with van der Waals surface area (Å²) in [6.45, 7) is 17.3. The first kappa shape index (κ1) is 49.6. The predicted molar refractivity (Wildman–Crippen MR) is 228 cm³/mol. The van der Waals surface area contributed by atoms with Crippen molar-refractivity contribution in [1.29, 1.82) is 0 Å². The summed E-state index contributed by atoms with van der Waals surface area (Å²) in [5.41, 5.74) is -0.0229. The second-order valence-electron chi connectivity index (χ2n) is 23.6. The maximum atomic E-state index is 13.2. The van der Waals surface area contributed by atoms with Crippen LogP contribution in [0.25, 0.3) is 0 Å². The Balaban J connectivity index is 0.985. The van der Waals surface area contributed by atoms with Crippen molar-refractivity contribution in [1.82, 2.24) is 0 Å². The second-order valence-corrected chi connectivity index (χ2v) is 23.6. The number of hydrogen-bond donors (Lipinski definition) is 9. The molecule has 19 nitrogen and oxygen atoms in total. The van der Waals surface area contributed by atoms with Gasteiger partial charge in [-0.3, -0.25) is 4.79 Å². The van der Waals surface area contributed by atoms with Crippen molar-refractivity contribution in [3.05, 3.63) is 11.6 Å². The highest BCUT2D eigenvalue weighted by Gasteiger charge is 2.71. The molecule has 0 unspecified atom stereocenters. The number of aliphatic hydroxyl groups excluding tert-OH is 7. The van der Waals surface area contributed by atoms with Gasteiger partial charge in [0, 0.05) is 11.8 Å². The molecule has 67 heavy (non-hydrogen) atoms. The van der Waals surface area contributed by atoms with E-state index in [-0.39, 0.29) is 45.6 Å². The fourth-order valence-electron chi connectivity index (χ4n) is 15.5. The first-order valence-corrected chi connectivity index (χ1v) is 24.2. The van der Waals surface area contributed by atoms with Crippen LogP contribution in [0.5, 0.6) is 0 Å². The van der Waals surface area contributed by atoms with E-state index in [0.29, 0.717) is 12.3 Å². The average molecular weight is 953 g/mol. The Kier molecular flexibility index (Phi) is 12.3. The van der Waals surface area contributed by atoms with E-state index in [1.165, 1.54) is 12.5 Å². The number of carboxylic acid groups (broad SMARTS) is 2. The van der Waals surface area contributed by atoms with Gasteiger partial charge in [-0.1, -0.05) is 53.2 Å². The molecule has 8 fully saturated rings. The van der Waals surface area contributed by atoms with Crippen molar-refractivity contribution in [2.24, 2.45) is 50.2 Å². The summed E-state index contributed by atoms with van der Waals surface area (Å²) in [7, 11) is 0. The Morgan fingerprint density at radius 2 is 1.21 bits per heavy atom. The quantitative estimate of drug-likeness (QED) is 0.0943. The largest absolute Gasteiger partial charge is 0.479 e. The fourth-order valence-corrected chi connectivity index (χ4v) is 15.5. The molecule has 9 aliphatic rings. The maximum absolute atomic E-state index is 13.2. The lowest BCUT2D eigenvalue weighted by molar-refractivity contribution is -0.392. The summed E-state index contributed by atoms with van der Waals surface area (Å²) in [5, 5.41) is 96.4. The normalized spacial score (nSPS) is 55.7. The predicted octanol–water partition coefficient (Wildman–Crippen LogP) is 1.37. The zero-order valence-corrected chi connectivity index (χ0v) is 39.6. The van der Waals surface area contributed by atoms with Gasteiger partial charge in [0.15, 0.2) is 31.1 Å². The fraction of sp³-hybridized carbons (Fsp3) is 0.896. The summed E-state index contributed by atoms with van der Waals surface area (Å²) in [4.78, 5) is 37.9. The third-order valence-corrected chi connectivity index (χ3v) is 19.8. The van der Waals surface area contributed by atoms with Gasteiger partial charge in [0.05, 0.1) is 17.6 Å². The van der Waals surface area contributed by atoms with E-state index in [1.807, 2.05) is 0 Å². The number of carbonyl (C=O) groups is 3. The van der Waals surface area contributed by atoms with Crippen molar-refractivity contribution in [2.45, 2.75) is 218 Å². The van der Waals surface area contributed by atoms with Crippen LogP contribution in [-0.4, -0.2) is 168 Å². The number of hydrogen-bond acceptors (Lipinski definition) is 17. The number of ether oxygens (including phenoxy) is 7. The zero-order valence-electron chi connectivity index (χ0n) is 39.6. The third kappa shape index (κ3) is 7.25. The van der Waals surface area contributed by atoms with E-state index in [9.17, 15) is 60.3 Å². The van der Waals surface area contributed by atoms with Crippen LogP contribution in [0.15, 0.2) is 11.6 Å². The molecule has 5 aliphatic carbocycles. The van der Waals surface area contributed by atoms with Crippen LogP contribution in [0.3, 0.4) is 0 Å². The first-order valence-electron chi connectivity index (χ1n) is 24.2. The highest BCUT2D eigenvalue weighted by Crippen LogP contribution is 2.76. The number of rotatable bonds is 8. The van der Waals surface area contributed by atoms with E-state index in [2.05, 4.69) is 54.5 Å². The average Bonchev–Trinajstić information content (AvgIpc) is 3.52. The molecular formula is C48H72O19. The summed E-state index contributed by atoms with van der Waals surface area (Å²) in [6, 6.07) is 0. The lowest BCUT2D eigenvalue weighted by Gasteiger charge is -2.71. The monoisotopic (exact) mass is 952 g/mol. The van der Waals surface area contributed by atoms with E-state index in [0.717, 1.165) is 51.4 Å². The third-order valence-electron chi connectivity index (χ3n) is 19.8. The Labute approximate surface area is 390 Å². The molecule has 19 heteroatoms. The van der Waals surface area contributed by atoms with Crippen LogP contribution in [0.2, 0.25) is 0 Å². The van der Waals surface area contributed by atoms with Crippen molar-refractivity contribution in [3.63, 3.8) is 0 Å². The molecule has 25 atom stereocenters. The molecule has 0 aromatic rings. The Hall–Kier alpha value is -2.37. The molecule has 2 bridgehead atoms. The lowest BCUT2D eigenvalue weighted by Crippen LogP contribution is -2.68. The van der Waals surface area contributed by atoms with Gasteiger partial charge < -0.3 is 79.1 Å². The van der Waals surface area contributed by atoms with Gasteiger partial charge in [0.2, 0.25) is 0 Å². The standard InChI is InChI=1S/C48H72O19/c1-19-26(49)27(50)32(55)39(61-19)66-36-31(54)29(52)34(38(58)59)65-41(36)67-35-30(53)28(51)33(37(56)57)64-40(35)62-24-12-13-46(6)22(43(24,2)3)11-14-48(8)23(46)10-9-20-21-17-44(4)18-25(63-42(44)60)45(21,5)15-16-47(20,48)7/h9,19,21-36,39-41,49-55H,10-18H2,1-8H3,(H,56,57)(H,58,59)/t19-,21+,22+,23+,24-,25+,26-,27+,28-,29-,30-,31-,32+,33-,34-,35+,36+,39-,40+,41-,44+,45+,46-,47+,48+/m0/s1. The van der Waals surface area contributed by atoms with Gasteiger partial charge in [-0.25, -0.2) is 9.59 Å². The zero-order chi connectivity index (χ0) is 48.9. The van der Waals surface area contributed by atoms with Crippen molar-refractivity contribution in [2.75, 3.05) is 0 Å². The molecule has 378 valence electrons. The number of allylic oxidation sites excluding steroid dienone is 2. The van der Waals surface area contributed by atoms with Crippen molar-refractivity contribution in [3.8, 4) is 0 Å². The van der Waals surface area contributed by atoms with Crippen LogP contribution in [0, 0.1) is 50.2 Å². The summed E-state index contributed by atoms with van der Waals surface area (Å²) in [6.07, 6.45) is -18.9. The number of carboxylic acids is 2. The molecule has 0 aromatic heterocycles. The topological polar surface area (TPSA) is 298 Å². The molecule has 4 aliphatic heterocycles. The molecule has 0 amide bonds. The minimum absolute atomic E-state index is 0.0602. The van der Waals surface area contributed by atoms with Crippen molar-refractivity contribution < 1.29 is 93.5 Å². The highest BCUT2D eigenvalue weighted by atomic mass is 16.8. The number of fused-ring (bicyclic) bond motifs is 10. The number of aliphatic hydroxyl groups is 7. The SMILES string of the molecule is C[C@@H]1O[C@@H](O[C@H]2[C@H](O[C@H]3[C@H](O[C@H]4CC[C@@]5(C)[C@H](CC[C@]6(C)[C@@H]5CC=C5[C@H]7C[C@]8(C)C[C@@H](OC8=O)[C@]7(C)CC[C@]56C)C4(C)C)O[C@H](C(=O)O)[C@@H](O)[C@@H]3O)O[C@H](C(=O)O)[C@@H](O)[C@@H]2O)[C@H](O)[C@H](O)[C@H]1O. The Morgan fingerprint density at radius 1 is 0.627 bits per heavy atom. The maximum Gasteiger partial charge on any atom is 0.335 e. The summed E-state index contributed by atoms with van der Waals surface area (Å²) < 4.78 is 41.9. The number of aliphatic carboxylic acids is 2. The summed E-state index contributed by atoms with van der Waals surface area (Å²) >= 11 is 0. The molecule has 4 heterocycles. The minimum atomic E-state index is -2.13. The van der Waals surface area contributed by atoms with E-state index in [1.54, 1.807) is 0 Å². The molecule has 9 rings (SSSR count). The van der Waals surface area contributed by atoms with Gasteiger partial charge in [0.25, 0.3) is 0 Å². The molecule has 9 N–H and O–H groups in total. The molecule has 0 spiro atoms. The van der Waals surface area contributed by atoms with Crippen LogP contribution in [0.1, 0.15) is 113 Å². The Bertz CT molecular complexity index is 2000. The molecule has 4 saturated carbocycles. The smallest absolute Gasteiger partial charge is 0.335 e. The van der Waals surface area contributed by atoms with E-state index >= 15 is 0 Å². The van der Waals surface area contributed by atoms with Gasteiger partial charge in [-0.2, -0.15) is 0 Å². The van der Waals surface area contributed by atoms with Gasteiger partial charge >= 0.3 is 17.9 Å². The molecule has 0 radical (unpaired) electrons. The summed E-state index contributed by atoms with van der Waals surface area (Å²) in [5.74, 6) is -2.74. The molecular weight excluding hydrogens is 881 g/mol. The lowest BCUT2D eigenvalue weighted by atomic mass is 9.33. The van der Waals surface area contributed by atoms with Gasteiger partial charge in [-0.05, 0) is 105 Å². The van der Waals surface area contributed by atoms with Gasteiger partial charge in [-0.15, -0.1) is 0 Å². The second kappa shape index (κ2) is 16.6. The highest BCUT2D eigenvalue weighted by molar-refractivity contribution is 5.79. The van der Waals surface area contributed by atoms with Crippen LogP contribution in [-0.2, 0) is 47.5 Å². The van der Waals surface area contributed by atoms with Crippen LogP contribution in [0.4, 0.5) is 0 Å². The van der Waals surface area contributed by atoms with E-state index < -0.39 is 121 Å². The van der Waals surface area contributed by atoms with Gasteiger partial charge in [0.1, 0.15) is 61.0 Å². The van der Waals surface area contributed by atoms with Crippen LogP contribution >= 0.6 is 0 Å². The molecule has 0 aromatic carbocycles. The van der Waals surface area contributed by atoms with Crippen LogP contribution < -0.4 is 0 Å². The number of esters is 1.